The summed E-state index contributed by atoms with van der Waals surface area (Å²) in [6, 6.07) is 13.2. The van der Waals surface area contributed by atoms with Crippen molar-refractivity contribution in [1.29, 1.82) is 0 Å². The van der Waals surface area contributed by atoms with Crippen molar-refractivity contribution < 1.29 is 9.69 Å². The Balaban J connectivity index is 1.96. The second-order valence-corrected chi connectivity index (χ2v) is 8.03. The lowest BCUT2D eigenvalue weighted by molar-refractivity contribution is -0.894. The highest BCUT2D eigenvalue weighted by atomic mass is 35.5. The summed E-state index contributed by atoms with van der Waals surface area (Å²) in [6.07, 6.45) is 0. The van der Waals surface area contributed by atoms with Crippen LogP contribution in [0.3, 0.4) is 0 Å². The molecule has 1 aromatic heterocycles. The number of aryl methyl sites for hydroxylation is 1. The number of para-hydroxylation sites is 1. The number of fused-ring (bicyclic) bond motifs is 1. The quantitative estimate of drug-likeness (QED) is 0.652. The maximum Gasteiger partial charge on any atom is 0.260 e. The summed E-state index contributed by atoms with van der Waals surface area (Å²) < 4.78 is 1.11. The Morgan fingerprint density at radius 2 is 1.85 bits per heavy atom. The van der Waals surface area contributed by atoms with E-state index < -0.39 is 0 Å². The molecular weight excluding hydrogens is 378 g/mol. The molecule has 1 amide bonds. The third-order valence-electron chi connectivity index (χ3n) is 4.87. The maximum absolute atomic E-state index is 13.2. The van der Waals surface area contributed by atoms with Crippen LogP contribution in [-0.2, 0) is 0 Å². The Hall–Kier alpha value is -1.95. The van der Waals surface area contributed by atoms with Crippen LogP contribution in [-0.4, -0.2) is 37.1 Å². The summed E-state index contributed by atoms with van der Waals surface area (Å²) in [5, 5.41) is 1.38. The van der Waals surface area contributed by atoms with Crippen molar-refractivity contribution in [2.75, 3.05) is 31.1 Å². The molecular formula is C21H25ClN3OS+. The van der Waals surface area contributed by atoms with E-state index in [1.807, 2.05) is 11.0 Å². The number of aromatic nitrogens is 1. The van der Waals surface area contributed by atoms with Crippen LogP contribution in [0.25, 0.3) is 10.2 Å². The number of nitrogens with one attached hydrogen (secondary N) is 1. The van der Waals surface area contributed by atoms with Gasteiger partial charge in [0.05, 0.1) is 36.4 Å². The van der Waals surface area contributed by atoms with E-state index in [-0.39, 0.29) is 5.91 Å². The number of likely N-dealkylation sites (N-methyl/N-ethyl adjacent to an activating group) is 1. The van der Waals surface area contributed by atoms with Crippen LogP contribution in [0.15, 0.2) is 42.5 Å². The highest BCUT2D eigenvalue weighted by molar-refractivity contribution is 7.22. The van der Waals surface area contributed by atoms with Gasteiger partial charge in [-0.1, -0.05) is 35.1 Å². The van der Waals surface area contributed by atoms with E-state index in [0.717, 1.165) is 40.5 Å². The van der Waals surface area contributed by atoms with Gasteiger partial charge >= 0.3 is 0 Å². The predicted octanol–water partition coefficient (Wildman–Crippen LogP) is 3.83. The van der Waals surface area contributed by atoms with Gasteiger partial charge in [0, 0.05) is 10.6 Å². The number of anilines is 1. The average molecular weight is 403 g/mol. The van der Waals surface area contributed by atoms with Gasteiger partial charge in [-0.05, 0) is 56.7 Å². The molecule has 142 valence electrons. The second kappa shape index (κ2) is 8.83. The smallest absolute Gasteiger partial charge is 0.260 e. The van der Waals surface area contributed by atoms with E-state index >= 15 is 0 Å². The Morgan fingerprint density at radius 1 is 1.15 bits per heavy atom. The molecule has 0 aliphatic carbocycles. The summed E-state index contributed by atoms with van der Waals surface area (Å²) in [5.74, 6) is -0.0325. The van der Waals surface area contributed by atoms with E-state index in [4.69, 9.17) is 16.6 Å². The molecule has 0 aliphatic heterocycles. The van der Waals surface area contributed by atoms with Crippen molar-refractivity contribution in [2.45, 2.75) is 20.8 Å². The first-order valence-corrected chi connectivity index (χ1v) is 10.5. The first-order chi connectivity index (χ1) is 13.0. The Labute approximate surface area is 169 Å². The van der Waals surface area contributed by atoms with Crippen LogP contribution in [0.4, 0.5) is 5.13 Å². The molecule has 27 heavy (non-hydrogen) atoms. The molecule has 0 saturated carbocycles. The van der Waals surface area contributed by atoms with E-state index in [1.165, 1.54) is 4.90 Å². The number of amides is 1. The standard InChI is InChI=1S/C21H24ClN3OS/c1-4-24(5-2)13-14-25(20(26)16-9-11-17(22)12-10-16)21-23-19-15(3)7-6-8-18(19)27-21/h6-12H,4-5,13-14H2,1-3H3/p+1. The fraction of sp³-hybridized carbons (Fsp3) is 0.333. The first-order valence-electron chi connectivity index (χ1n) is 9.30. The molecule has 0 fully saturated rings. The van der Waals surface area contributed by atoms with Crippen molar-refractivity contribution in [2.24, 2.45) is 0 Å². The van der Waals surface area contributed by atoms with Crippen LogP contribution in [0, 0.1) is 6.92 Å². The number of rotatable bonds is 7. The van der Waals surface area contributed by atoms with E-state index in [2.05, 4.69) is 32.9 Å². The molecule has 3 rings (SSSR count). The highest BCUT2D eigenvalue weighted by Gasteiger charge is 2.23. The molecule has 3 aromatic rings. The lowest BCUT2D eigenvalue weighted by atomic mass is 10.2. The van der Waals surface area contributed by atoms with E-state index in [0.29, 0.717) is 17.1 Å². The van der Waals surface area contributed by atoms with Gasteiger partial charge in [0.15, 0.2) is 5.13 Å². The Kier molecular flexibility index (Phi) is 6.47. The van der Waals surface area contributed by atoms with Crippen LogP contribution >= 0.6 is 22.9 Å². The van der Waals surface area contributed by atoms with Crippen LogP contribution in [0.5, 0.6) is 0 Å². The molecule has 0 atom stereocenters. The lowest BCUT2D eigenvalue weighted by Crippen LogP contribution is -3.12. The number of thiazole rings is 1. The van der Waals surface area contributed by atoms with Crippen molar-refractivity contribution in [3.8, 4) is 0 Å². The molecule has 0 spiro atoms. The third-order valence-corrected chi connectivity index (χ3v) is 6.16. The third kappa shape index (κ3) is 4.49. The lowest BCUT2D eigenvalue weighted by Gasteiger charge is -2.23. The summed E-state index contributed by atoms with van der Waals surface area (Å²) in [5.41, 5.74) is 2.73. The van der Waals surface area contributed by atoms with Crippen molar-refractivity contribution in [3.63, 3.8) is 0 Å². The number of quaternary nitrogens is 1. The van der Waals surface area contributed by atoms with Gasteiger partial charge in [0.2, 0.25) is 0 Å². The number of nitrogens with zero attached hydrogens (tertiary/aromatic N) is 2. The number of halogens is 1. The topological polar surface area (TPSA) is 37.6 Å². The number of benzene rings is 2. The zero-order chi connectivity index (χ0) is 19.4. The first kappa shape index (κ1) is 19.8. The number of carbonyl (C=O) groups excluding carboxylic acids is 1. The Morgan fingerprint density at radius 3 is 2.48 bits per heavy atom. The molecule has 0 radical (unpaired) electrons. The zero-order valence-corrected chi connectivity index (χ0v) is 17.5. The summed E-state index contributed by atoms with van der Waals surface area (Å²) in [6.45, 7) is 10.0. The molecule has 0 aliphatic rings. The fourth-order valence-electron chi connectivity index (χ4n) is 3.10. The zero-order valence-electron chi connectivity index (χ0n) is 16.0. The predicted molar refractivity (Wildman–Crippen MR) is 114 cm³/mol. The molecule has 1 heterocycles. The monoisotopic (exact) mass is 402 g/mol. The maximum atomic E-state index is 13.2. The van der Waals surface area contributed by atoms with Crippen molar-refractivity contribution >= 4 is 44.2 Å². The van der Waals surface area contributed by atoms with Gasteiger partial charge in [0.1, 0.15) is 0 Å². The van der Waals surface area contributed by atoms with Gasteiger partial charge in [-0.2, -0.15) is 0 Å². The average Bonchev–Trinajstić information content (AvgIpc) is 3.11. The second-order valence-electron chi connectivity index (χ2n) is 6.59. The van der Waals surface area contributed by atoms with Crippen LogP contribution < -0.4 is 9.80 Å². The molecule has 0 unspecified atom stereocenters. The largest absolute Gasteiger partial charge is 0.334 e. The van der Waals surface area contributed by atoms with Gasteiger partial charge in [-0.25, -0.2) is 4.98 Å². The van der Waals surface area contributed by atoms with Crippen molar-refractivity contribution in [1.82, 2.24) is 4.98 Å². The molecule has 0 saturated heterocycles. The number of carbonyl (C=O) groups is 1. The number of hydrogen-bond acceptors (Lipinski definition) is 3. The van der Waals surface area contributed by atoms with Crippen LogP contribution in [0.1, 0.15) is 29.8 Å². The SMILES string of the molecule is CC[NH+](CC)CCN(C(=O)c1ccc(Cl)cc1)c1nc2c(C)cccc2s1. The van der Waals surface area contributed by atoms with Gasteiger partial charge in [-0.3, -0.25) is 9.69 Å². The molecule has 4 nitrogen and oxygen atoms in total. The van der Waals surface area contributed by atoms with Gasteiger partial charge in [-0.15, -0.1) is 0 Å². The summed E-state index contributed by atoms with van der Waals surface area (Å²) in [4.78, 5) is 21.3. The molecule has 6 heteroatoms. The summed E-state index contributed by atoms with van der Waals surface area (Å²) >= 11 is 7.56. The molecule has 0 bridgehead atoms. The summed E-state index contributed by atoms with van der Waals surface area (Å²) in [7, 11) is 0. The number of hydrogen-bond donors (Lipinski definition) is 1. The highest BCUT2D eigenvalue weighted by Crippen LogP contribution is 2.31. The minimum atomic E-state index is -0.0325. The van der Waals surface area contributed by atoms with Crippen LogP contribution in [0.2, 0.25) is 5.02 Å². The molecule has 2 aromatic carbocycles. The normalized spacial score (nSPS) is 11.3. The minimum Gasteiger partial charge on any atom is -0.334 e. The van der Waals surface area contributed by atoms with Gasteiger partial charge < -0.3 is 4.90 Å². The van der Waals surface area contributed by atoms with Crippen molar-refractivity contribution in [3.05, 3.63) is 58.6 Å². The van der Waals surface area contributed by atoms with E-state index in [1.54, 1.807) is 35.6 Å². The minimum absolute atomic E-state index is 0.0325. The Bertz CT molecular complexity index is 919. The molecule has 1 N–H and O–H groups in total. The van der Waals surface area contributed by atoms with E-state index in [9.17, 15) is 4.79 Å². The fourth-order valence-corrected chi connectivity index (χ4v) is 4.29. The van der Waals surface area contributed by atoms with Gasteiger partial charge in [0.25, 0.3) is 5.91 Å².